The number of rotatable bonds is 4. The molecule has 0 aliphatic heterocycles. The number of carbonyl (C=O) groups excluding carboxylic acids is 1. The molecule has 0 aliphatic rings. The minimum absolute atomic E-state index is 0.00903. The molecule has 0 spiro atoms. The molecule has 0 saturated heterocycles. The number of aromatic nitrogens is 4. The largest absolute Gasteiger partial charge is 0.464 e. The van der Waals surface area contributed by atoms with Gasteiger partial charge in [-0.05, 0) is 36.8 Å². The van der Waals surface area contributed by atoms with E-state index < -0.39 is 17.7 Å². The van der Waals surface area contributed by atoms with Crippen molar-refractivity contribution >= 4 is 17.6 Å². The molecule has 0 aliphatic carbocycles. The van der Waals surface area contributed by atoms with E-state index in [1.165, 1.54) is 24.2 Å². The maximum atomic E-state index is 12.8. The summed E-state index contributed by atoms with van der Waals surface area (Å²) in [7, 11) is 1.25. The Bertz CT molecular complexity index is 985. The highest BCUT2D eigenvalue weighted by Gasteiger charge is 2.30. The predicted molar refractivity (Wildman–Crippen MR) is 90.0 cm³/mol. The molecule has 0 amide bonds. The number of pyridine rings is 2. The van der Waals surface area contributed by atoms with Crippen LogP contribution in [0.4, 0.5) is 24.8 Å². The minimum Gasteiger partial charge on any atom is -0.464 e. The Labute approximate surface area is 151 Å². The number of hydrogen-bond acceptors (Lipinski definition) is 6. The molecular formula is C17H14F3N5O2. The first-order chi connectivity index (χ1) is 12.8. The van der Waals surface area contributed by atoms with Gasteiger partial charge in [-0.15, -0.1) is 0 Å². The number of anilines is 2. The number of carbonyl (C=O) groups is 1. The molecule has 3 heterocycles. The first-order valence-corrected chi connectivity index (χ1v) is 7.68. The topological polar surface area (TPSA) is 81.9 Å². The van der Waals surface area contributed by atoms with Crippen molar-refractivity contribution in [3.8, 4) is 5.82 Å². The number of esters is 1. The molecule has 7 nitrogen and oxygen atoms in total. The van der Waals surface area contributed by atoms with Gasteiger partial charge in [0.05, 0.1) is 12.7 Å². The van der Waals surface area contributed by atoms with Crippen LogP contribution in [0.15, 0.2) is 43.0 Å². The van der Waals surface area contributed by atoms with Crippen LogP contribution in [0.5, 0.6) is 0 Å². The van der Waals surface area contributed by atoms with Gasteiger partial charge >= 0.3 is 12.1 Å². The number of halogens is 3. The van der Waals surface area contributed by atoms with E-state index in [1.54, 1.807) is 19.1 Å². The van der Waals surface area contributed by atoms with Gasteiger partial charge in [0.15, 0.2) is 5.69 Å². The molecule has 140 valence electrons. The number of nitrogens with one attached hydrogen (secondary N) is 1. The van der Waals surface area contributed by atoms with Gasteiger partial charge in [0.25, 0.3) is 0 Å². The van der Waals surface area contributed by atoms with Crippen molar-refractivity contribution in [1.29, 1.82) is 0 Å². The fraction of sp³-hybridized carbons (Fsp3) is 0.176. The van der Waals surface area contributed by atoms with Crippen molar-refractivity contribution in [2.75, 3.05) is 12.4 Å². The average Bonchev–Trinajstić information content (AvgIpc) is 3.10. The molecule has 27 heavy (non-hydrogen) atoms. The number of nitrogens with zero attached hydrogens (tertiary/aromatic N) is 4. The van der Waals surface area contributed by atoms with E-state index in [0.29, 0.717) is 11.6 Å². The first-order valence-electron chi connectivity index (χ1n) is 7.68. The zero-order chi connectivity index (χ0) is 19.6. The van der Waals surface area contributed by atoms with Crippen molar-refractivity contribution < 1.29 is 22.7 Å². The maximum Gasteiger partial charge on any atom is 0.416 e. The number of ether oxygens (including phenoxy) is 1. The molecule has 0 radical (unpaired) electrons. The second-order valence-electron chi connectivity index (χ2n) is 5.60. The number of hydrogen-bond donors (Lipinski definition) is 1. The summed E-state index contributed by atoms with van der Waals surface area (Å²) in [5.74, 6) is 0.139. The standard InChI is InChI=1S/C17H14F3N5O2/c1-10-5-14(23-13-7-11(3-4-21-13)17(18,19)20)24-15(6-10)25-8-12(22-9-25)16(26)27-2/h3-9H,1-2H3,(H,21,23,24). The highest BCUT2D eigenvalue weighted by Crippen LogP contribution is 2.30. The summed E-state index contributed by atoms with van der Waals surface area (Å²) in [6.07, 6.45) is -0.563. The third kappa shape index (κ3) is 4.22. The molecule has 10 heteroatoms. The SMILES string of the molecule is COC(=O)c1cn(-c2cc(C)cc(Nc3cc(C(F)(F)F)ccn3)n2)cn1. The van der Waals surface area contributed by atoms with E-state index in [1.807, 2.05) is 0 Å². The lowest BCUT2D eigenvalue weighted by molar-refractivity contribution is -0.137. The Morgan fingerprint density at radius 2 is 1.96 bits per heavy atom. The Morgan fingerprint density at radius 3 is 2.67 bits per heavy atom. The minimum atomic E-state index is -4.47. The monoisotopic (exact) mass is 377 g/mol. The van der Waals surface area contributed by atoms with Gasteiger partial charge < -0.3 is 10.1 Å². The first kappa shape index (κ1) is 18.4. The average molecular weight is 377 g/mol. The summed E-state index contributed by atoms with van der Waals surface area (Å²) in [5, 5.41) is 2.76. The molecule has 3 rings (SSSR count). The van der Waals surface area contributed by atoms with Crippen LogP contribution in [0.3, 0.4) is 0 Å². The van der Waals surface area contributed by atoms with Crippen molar-refractivity contribution in [1.82, 2.24) is 19.5 Å². The van der Waals surface area contributed by atoms with Crippen molar-refractivity contribution in [2.24, 2.45) is 0 Å². The van der Waals surface area contributed by atoms with Gasteiger partial charge in [0.2, 0.25) is 0 Å². The van der Waals surface area contributed by atoms with Crippen molar-refractivity contribution in [3.05, 3.63) is 59.8 Å². The predicted octanol–water partition coefficient (Wildman–Crippen LogP) is 3.52. The zero-order valence-corrected chi connectivity index (χ0v) is 14.3. The van der Waals surface area contributed by atoms with Gasteiger partial charge in [-0.3, -0.25) is 4.57 Å². The molecule has 3 aromatic heterocycles. The summed E-state index contributed by atoms with van der Waals surface area (Å²) in [6.45, 7) is 1.80. The van der Waals surface area contributed by atoms with Crippen LogP contribution < -0.4 is 5.32 Å². The van der Waals surface area contributed by atoms with E-state index in [0.717, 1.165) is 23.9 Å². The number of aryl methyl sites for hydroxylation is 1. The number of imidazole rings is 1. The van der Waals surface area contributed by atoms with Crippen LogP contribution in [0.1, 0.15) is 21.6 Å². The van der Waals surface area contributed by atoms with Gasteiger partial charge in [0.1, 0.15) is 23.8 Å². The van der Waals surface area contributed by atoms with E-state index >= 15 is 0 Å². The molecule has 3 aromatic rings. The number of alkyl halides is 3. The van der Waals surface area contributed by atoms with Gasteiger partial charge in [-0.2, -0.15) is 13.2 Å². The van der Waals surface area contributed by atoms with Crippen LogP contribution in [-0.4, -0.2) is 32.6 Å². The summed E-state index contributed by atoms with van der Waals surface area (Å²) in [4.78, 5) is 23.7. The highest BCUT2D eigenvalue weighted by molar-refractivity contribution is 5.86. The lowest BCUT2D eigenvalue weighted by atomic mass is 10.2. The van der Waals surface area contributed by atoms with Crippen molar-refractivity contribution in [3.63, 3.8) is 0 Å². The molecule has 0 fully saturated rings. The molecule has 0 bridgehead atoms. The smallest absolute Gasteiger partial charge is 0.416 e. The Kier molecular flexibility index (Phi) is 4.80. The normalized spacial score (nSPS) is 11.3. The Morgan fingerprint density at radius 1 is 1.19 bits per heavy atom. The van der Waals surface area contributed by atoms with Crippen LogP contribution >= 0.6 is 0 Å². The lowest BCUT2D eigenvalue weighted by Gasteiger charge is -2.11. The fourth-order valence-electron chi connectivity index (χ4n) is 2.31. The summed E-state index contributed by atoms with van der Waals surface area (Å²) in [6, 6.07) is 5.17. The van der Waals surface area contributed by atoms with Crippen LogP contribution in [0.2, 0.25) is 0 Å². The fourth-order valence-corrected chi connectivity index (χ4v) is 2.31. The van der Waals surface area contributed by atoms with Gasteiger partial charge in [0, 0.05) is 12.4 Å². The Hall–Kier alpha value is -3.43. The zero-order valence-electron chi connectivity index (χ0n) is 14.3. The second-order valence-corrected chi connectivity index (χ2v) is 5.60. The maximum absolute atomic E-state index is 12.8. The van der Waals surface area contributed by atoms with Crippen LogP contribution in [-0.2, 0) is 10.9 Å². The van der Waals surface area contributed by atoms with E-state index in [2.05, 4.69) is 25.0 Å². The molecule has 1 N–H and O–H groups in total. The van der Waals surface area contributed by atoms with Crippen LogP contribution in [0, 0.1) is 6.92 Å². The molecule has 0 saturated carbocycles. The number of methoxy groups -OCH3 is 1. The molecule has 0 aromatic carbocycles. The van der Waals surface area contributed by atoms with Gasteiger partial charge in [-0.25, -0.2) is 19.7 Å². The summed E-state index contributed by atoms with van der Waals surface area (Å²) in [5.41, 5.74) is 0.0860. The summed E-state index contributed by atoms with van der Waals surface area (Å²) >= 11 is 0. The lowest BCUT2D eigenvalue weighted by Crippen LogP contribution is -2.07. The van der Waals surface area contributed by atoms with Gasteiger partial charge in [-0.1, -0.05) is 0 Å². The third-order valence-corrected chi connectivity index (χ3v) is 3.54. The quantitative estimate of drug-likeness (QED) is 0.701. The Balaban J connectivity index is 1.90. The second kappa shape index (κ2) is 7.06. The van der Waals surface area contributed by atoms with E-state index in [4.69, 9.17) is 0 Å². The van der Waals surface area contributed by atoms with E-state index in [9.17, 15) is 18.0 Å². The highest BCUT2D eigenvalue weighted by atomic mass is 19.4. The molecular weight excluding hydrogens is 363 g/mol. The molecule has 0 atom stereocenters. The van der Waals surface area contributed by atoms with E-state index in [-0.39, 0.29) is 11.5 Å². The third-order valence-electron chi connectivity index (χ3n) is 3.54. The summed E-state index contributed by atoms with van der Waals surface area (Å²) < 4.78 is 44.6. The van der Waals surface area contributed by atoms with Crippen LogP contribution in [0.25, 0.3) is 5.82 Å². The van der Waals surface area contributed by atoms with Crippen molar-refractivity contribution in [2.45, 2.75) is 13.1 Å². The molecule has 0 unspecified atom stereocenters.